The summed E-state index contributed by atoms with van der Waals surface area (Å²) in [5.41, 5.74) is -1.87. The van der Waals surface area contributed by atoms with Gasteiger partial charge in [0.1, 0.15) is 0 Å². The first-order valence-corrected chi connectivity index (χ1v) is 6.33. The number of aliphatic carboxylic acids is 1. The van der Waals surface area contributed by atoms with Crippen molar-refractivity contribution in [2.45, 2.75) is 58.1 Å². The van der Waals surface area contributed by atoms with Gasteiger partial charge in [0.05, 0.1) is 23.0 Å². The monoisotopic (exact) mass is 257 g/mol. The number of carbonyl (C=O) groups excluding carboxylic acids is 1. The second kappa shape index (κ2) is 4.88. The average molecular weight is 257 g/mol. The Morgan fingerprint density at radius 3 is 2.06 bits per heavy atom. The van der Waals surface area contributed by atoms with Crippen LogP contribution in [0, 0.1) is 11.8 Å². The molecule has 2 unspecified atom stereocenters. The van der Waals surface area contributed by atoms with Crippen molar-refractivity contribution in [3.05, 3.63) is 0 Å². The lowest BCUT2D eigenvalue weighted by Crippen LogP contribution is -2.59. The summed E-state index contributed by atoms with van der Waals surface area (Å²) in [5, 5.41) is 21.8. The minimum absolute atomic E-state index is 0.271. The van der Waals surface area contributed by atoms with Gasteiger partial charge < -0.3 is 15.5 Å². The highest BCUT2D eigenvalue weighted by atomic mass is 16.4. The third-order valence-electron chi connectivity index (χ3n) is 4.14. The van der Waals surface area contributed by atoms with Crippen molar-refractivity contribution in [2.75, 3.05) is 0 Å². The molecule has 5 heteroatoms. The summed E-state index contributed by atoms with van der Waals surface area (Å²) >= 11 is 0. The SMILES string of the molecule is CC(C)(O)C(C)(C)NC(=O)C1CCCC1C(=O)O. The molecule has 0 aromatic heterocycles. The Labute approximate surface area is 108 Å². The van der Waals surface area contributed by atoms with Gasteiger partial charge >= 0.3 is 5.97 Å². The van der Waals surface area contributed by atoms with Crippen molar-refractivity contribution in [1.29, 1.82) is 0 Å². The number of hydrogen-bond donors (Lipinski definition) is 3. The first-order valence-electron chi connectivity index (χ1n) is 6.33. The van der Waals surface area contributed by atoms with Crippen LogP contribution in [0.3, 0.4) is 0 Å². The highest BCUT2D eigenvalue weighted by Gasteiger charge is 2.42. The molecule has 0 aromatic carbocycles. The molecule has 5 nitrogen and oxygen atoms in total. The zero-order valence-corrected chi connectivity index (χ0v) is 11.5. The van der Waals surface area contributed by atoms with Gasteiger partial charge in [-0.3, -0.25) is 9.59 Å². The number of carboxylic acids is 1. The summed E-state index contributed by atoms with van der Waals surface area (Å²) in [5.74, 6) is -2.26. The van der Waals surface area contributed by atoms with Crippen LogP contribution in [0.15, 0.2) is 0 Å². The molecule has 0 spiro atoms. The molecular weight excluding hydrogens is 234 g/mol. The maximum atomic E-state index is 12.1. The van der Waals surface area contributed by atoms with E-state index in [2.05, 4.69) is 5.32 Å². The third-order valence-corrected chi connectivity index (χ3v) is 4.14. The van der Waals surface area contributed by atoms with Crippen LogP contribution >= 0.6 is 0 Å². The van der Waals surface area contributed by atoms with Crippen molar-refractivity contribution in [3.63, 3.8) is 0 Å². The van der Waals surface area contributed by atoms with E-state index < -0.39 is 28.9 Å². The summed E-state index contributed by atoms with van der Waals surface area (Å²) in [4.78, 5) is 23.2. The molecule has 1 rings (SSSR count). The Kier molecular flexibility index (Phi) is 4.05. The van der Waals surface area contributed by atoms with Crippen LogP contribution in [0.4, 0.5) is 0 Å². The predicted octanol–water partition coefficient (Wildman–Crippen LogP) is 1.15. The Balaban J connectivity index is 2.74. The van der Waals surface area contributed by atoms with Crippen LogP contribution in [0.5, 0.6) is 0 Å². The Morgan fingerprint density at radius 1 is 1.11 bits per heavy atom. The number of amides is 1. The number of rotatable bonds is 4. The van der Waals surface area contributed by atoms with Crippen LogP contribution in [0.2, 0.25) is 0 Å². The van der Waals surface area contributed by atoms with Crippen LogP contribution < -0.4 is 5.32 Å². The first kappa shape index (κ1) is 15.0. The Hall–Kier alpha value is -1.10. The standard InChI is InChI=1S/C13H23NO4/c1-12(2,13(3,4)18)14-10(15)8-6-5-7-9(8)11(16)17/h8-9,18H,5-7H2,1-4H3,(H,14,15)(H,16,17). The van der Waals surface area contributed by atoms with Gasteiger partial charge in [-0.1, -0.05) is 6.42 Å². The van der Waals surface area contributed by atoms with Crippen molar-refractivity contribution < 1.29 is 19.8 Å². The molecule has 1 amide bonds. The summed E-state index contributed by atoms with van der Waals surface area (Å²) in [6, 6.07) is 0. The van der Waals surface area contributed by atoms with E-state index in [0.29, 0.717) is 12.8 Å². The van der Waals surface area contributed by atoms with Crippen molar-refractivity contribution in [1.82, 2.24) is 5.32 Å². The van der Waals surface area contributed by atoms with Crippen molar-refractivity contribution in [2.24, 2.45) is 11.8 Å². The minimum atomic E-state index is -1.07. The van der Waals surface area contributed by atoms with Crippen LogP contribution in [-0.4, -0.2) is 33.2 Å². The van der Waals surface area contributed by atoms with Gasteiger partial charge in [-0.2, -0.15) is 0 Å². The molecule has 0 radical (unpaired) electrons. The largest absolute Gasteiger partial charge is 0.481 e. The quantitative estimate of drug-likeness (QED) is 0.705. The van der Waals surface area contributed by atoms with Gasteiger partial charge in [-0.15, -0.1) is 0 Å². The Bertz CT molecular complexity index is 343. The highest BCUT2D eigenvalue weighted by Crippen LogP contribution is 2.33. The second-order valence-corrected chi connectivity index (χ2v) is 6.16. The lowest BCUT2D eigenvalue weighted by atomic mass is 9.84. The van der Waals surface area contributed by atoms with Crippen LogP contribution in [0.1, 0.15) is 47.0 Å². The van der Waals surface area contributed by atoms with Gasteiger partial charge in [-0.05, 0) is 40.5 Å². The van der Waals surface area contributed by atoms with E-state index in [1.54, 1.807) is 27.7 Å². The average Bonchev–Trinajstić information content (AvgIpc) is 2.62. The van der Waals surface area contributed by atoms with Gasteiger partial charge in [-0.25, -0.2) is 0 Å². The molecule has 0 aromatic rings. The van der Waals surface area contributed by atoms with Crippen molar-refractivity contribution in [3.8, 4) is 0 Å². The molecular formula is C13H23NO4. The van der Waals surface area contributed by atoms with Crippen molar-refractivity contribution >= 4 is 11.9 Å². The van der Waals surface area contributed by atoms with Gasteiger partial charge in [0.2, 0.25) is 5.91 Å². The van der Waals surface area contributed by atoms with E-state index >= 15 is 0 Å². The van der Waals surface area contributed by atoms with Crippen LogP contribution in [0.25, 0.3) is 0 Å². The number of hydrogen-bond acceptors (Lipinski definition) is 3. The maximum absolute atomic E-state index is 12.1. The van der Waals surface area contributed by atoms with E-state index in [1.807, 2.05) is 0 Å². The topological polar surface area (TPSA) is 86.6 Å². The van der Waals surface area contributed by atoms with E-state index in [0.717, 1.165) is 6.42 Å². The molecule has 104 valence electrons. The first-order chi connectivity index (χ1) is 8.06. The predicted molar refractivity (Wildman–Crippen MR) is 67.0 cm³/mol. The molecule has 0 aliphatic heterocycles. The number of aliphatic hydroxyl groups is 1. The number of carboxylic acid groups (broad SMARTS) is 1. The molecule has 0 bridgehead atoms. The fourth-order valence-corrected chi connectivity index (χ4v) is 2.12. The summed E-state index contributed by atoms with van der Waals surface area (Å²) < 4.78 is 0. The summed E-state index contributed by atoms with van der Waals surface area (Å²) in [7, 11) is 0. The smallest absolute Gasteiger partial charge is 0.307 e. The van der Waals surface area contributed by atoms with E-state index in [9.17, 15) is 14.7 Å². The molecule has 1 fully saturated rings. The summed E-state index contributed by atoms with van der Waals surface area (Å²) in [6.45, 7) is 6.71. The number of nitrogens with one attached hydrogen (secondary N) is 1. The molecule has 1 aliphatic carbocycles. The fraction of sp³-hybridized carbons (Fsp3) is 0.846. The zero-order chi connectivity index (χ0) is 14.1. The molecule has 3 N–H and O–H groups in total. The highest BCUT2D eigenvalue weighted by molar-refractivity contribution is 5.85. The Morgan fingerprint density at radius 2 is 1.61 bits per heavy atom. The molecule has 2 atom stereocenters. The molecule has 1 saturated carbocycles. The van der Waals surface area contributed by atoms with Gasteiger partial charge in [0, 0.05) is 0 Å². The lowest BCUT2D eigenvalue weighted by Gasteiger charge is -2.39. The van der Waals surface area contributed by atoms with Gasteiger partial charge in [0.15, 0.2) is 0 Å². The molecule has 0 heterocycles. The third kappa shape index (κ3) is 3.02. The van der Waals surface area contributed by atoms with E-state index in [1.165, 1.54) is 0 Å². The second-order valence-electron chi connectivity index (χ2n) is 6.16. The molecule has 18 heavy (non-hydrogen) atoms. The zero-order valence-electron chi connectivity index (χ0n) is 11.5. The summed E-state index contributed by atoms with van der Waals surface area (Å²) in [6.07, 6.45) is 1.92. The van der Waals surface area contributed by atoms with E-state index in [4.69, 9.17) is 5.11 Å². The molecule has 1 aliphatic rings. The maximum Gasteiger partial charge on any atom is 0.307 e. The van der Waals surface area contributed by atoms with E-state index in [-0.39, 0.29) is 5.91 Å². The lowest BCUT2D eigenvalue weighted by molar-refractivity contribution is -0.147. The normalized spacial score (nSPS) is 24.9. The minimum Gasteiger partial charge on any atom is -0.481 e. The molecule has 0 saturated heterocycles. The number of carbonyl (C=O) groups is 2. The van der Waals surface area contributed by atoms with Gasteiger partial charge in [0.25, 0.3) is 0 Å². The van der Waals surface area contributed by atoms with Crippen LogP contribution in [-0.2, 0) is 9.59 Å². The fourth-order valence-electron chi connectivity index (χ4n) is 2.12.